The quantitative estimate of drug-likeness (QED) is 0.309. The number of carbonyl (C=O) groups is 1. The number of rotatable bonds is 8. The Hall–Kier alpha value is -3.45. The Balaban J connectivity index is 1.94. The molecule has 172 valence electrons. The van der Waals surface area contributed by atoms with E-state index in [1.54, 1.807) is 12.1 Å². The van der Waals surface area contributed by atoms with Gasteiger partial charge in [0.05, 0.1) is 0 Å². The molecule has 0 unspecified atom stereocenters. The van der Waals surface area contributed by atoms with Crippen molar-refractivity contribution < 1.29 is 22.1 Å². The van der Waals surface area contributed by atoms with Gasteiger partial charge >= 0.3 is 205 Å². The molecule has 0 atom stereocenters. The van der Waals surface area contributed by atoms with Crippen LogP contribution in [0.3, 0.4) is 0 Å². The molecule has 0 aliphatic carbocycles. The molecule has 0 aromatic heterocycles. The van der Waals surface area contributed by atoms with Gasteiger partial charge in [-0.3, -0.25) is 0 Å². The molecule has 0 saturated carbocycles. The predicted molar refractivity (Wildman–Crippen MR) is 135 cm³/mol. The van der Waals surface area contributed by atoms with Gasteiger partial charge in [-0.05, 0) is 0 Å². The first kappa shape index (κ1) is 23.7. The van der Waals surface area contributed by atoms with Gasteiger partial charge in [-0.25, -0.2) is 0 Å². The molecule has 0 heterocycles. The normalized spacial score (nSPS) is 10.9. The van der Waals surface area contributed by atoms with E-state index in [-0.39, 0.29) is 11.3 Å². The zero-order valence-corrected chi connectivity index (χ0v) is 22.2. The number of benzene rings is 4. The standard InChI is InChI=1S/C10H12O5.3C6H5.Sn/c1-13-7-5-4-6(10(11)12)8(14-2)9(7)15-3;3*1-2-4-6-5-3-1;/h4-5H,1-3H3,(H,11,12);3*1-5H;/q;;;;+1/p-1. The van der Waals surface area contributed by atoms with E-state index in [0.717, 1.165) is 10.7 Å². The van der Waals surface area contributed by atoms with E-state index in [1.807, 2.05) is 54.6 Å². The van der Waals surface area contributed by atoms with Crippen molar-refractivity contribution >= 4 is 35.5 Å². The molecule has 0 spiro atoms. The number of carbonyl (C=O) groups excluding carboxylic acids is 1. The topological polar surface area (TPSA) is 54.0 Å². The Kier molecular flexibility index (Phi) is 7.42. The van der Waals surface area contributed by atoms with Crippen molar-refractivity contribution in [1.82, 2.24) is 0 Å². The van der Waals surface area contributed by atoms with Crippen LogP contribution < -0.4 is 24.9 Å². The zero-order valence-electron chi connectivity index (χ0n) is 19.4. The van der Waals surface area contributed by atoms with E-state index >= 15 is 0 Å². The summed E-state index contributed by atoms with van der Waals surface area (Å²) >= 11 is -4.27. The first-order valence-electron chi connectivity index (χ1n) is 10.8. The maximum absolute atomic E-state index is 13.9. The fourth-order valence-electron chi connectivity index (χ4n) is 4.15. The van der Waals surface area contributed by atoms with Crippen molar-refractivity contribution in [3.05, 3.63) is 109 Å². The fourth-order valence-corrected chi connectivity index (χ4v) is 14.8. The van der Waals surface area contributed by atoms with Gasteiger partial charge in [0.2, 0.25) is 0 Å². The van der Waals surface area contributed by atoms with E-state index in [1.165, 1.54) is 21.3 Å². The van der Waals surface area contributed by atoms with Crippen molar-refractivity contribution in [2.75, 3.05) is 21.3 Å². The molecular weight excluding hydrogens is 535 g/mol. The monoisotopic (exact) mass is 562 g/mol. The van der Waals surface area contributed by atoms with E-state index in [2.05, 4.69) is 36.4 Å². The van der Waals surface area contributed by atoms with E-state index < -0.39 is 24.8 Å². The number of hydrogen-bond donors (Lipinski definition) is 0. The van der Waals surface area contributed by atoms with Crippen LogP contribution in [0.5, 0.6) is 17.2 Å². The third kappa shape index (κ3) is 4.35. The van der Waals surface area contributed by atoms with E-state index in [9.17, 15) is 4.79 Å². The molecular formula is C28H26O5Sn. The van der Waals surface area contributed by atoms with Gasteiger partial charge in [0.15, 0.2) is 0 Å². The molecule has 4 aromatic rings. The van der Waals surface area contributed by atoms with Crippen molar-refractivity contribution in [1.29, 1.82) is 0 Å². The van der Waals surface area contributed by atoms with Crippen LogP contribution in [0.25, 0.3) is 0 Å². The molecule has 34 heavy (non-hydrogen) atoms. The molecule has 0 amide bonds. The van der Waals surface area contributed by atoms with Crippen molar-refractivity contribution in [3.63, 3.8) is 0 Å². The van der Waals surface area contributed by atoms with Crippen LogP contribution in [0.1, 0.15) is 10.4 Å². The Morgan fingerprint density at radius 2 is 1.00 bits per heavy atom. The molecule has 6 heteroatoms. The van der Waals surface area contributed by atoms with Crippen LogP contribution in [-0.4, -0.2) is 46.1 Å². The van der Waals surface area contributed by atoms with E-state index in [4.69, 9.17) is 17.3 Å². The molecule has 0 N–H and O–H groups in total. The van der Waals surface area contributed by atoms with Gasteiger partial charge < -0.3 is 0 Å². The van der Waals surface area contributed by atoms with Crippen molar-refractivity contribution in [2.45, 2.75) is 0 Å². The Morgan fingerprint density at radius 3 is 1.38 bits per heavy atom. The summed E-state index contributed by atoms with van der Waals surface area (Å²) in [4.78, 5) is 13.9. The summed E-state index contributed by atoms with van der Waals surface area (Å²) in [5.41, 5.74) is 0.281. The van der Waals surface area contributed by atoms with Crippen LogP contribution in [0, 0.1) is 0 Å². The van der Waals surface area contributed by atoms with Gasteiger partial charge in [0.25, 0.3) is 0 Å². The van der Waals surface area contributed by atoms with Gasteiger partial charge in [0.1, 0.15) is 0 Å². The average molecular weight is 561 g/mol. The van der Waals surface area contributed by atoms with Gasteiger partial charge in [0, 0.05) is 0 Å². The Morgan fingerprint density at radius 1 is 0.559 bits per heavy atom. The molecule has 0 bridgehead atoms. The molecule has 0 radical (unpaired) electrons. The second-order valence-corrected chi connectivity index (χ2v) is 17.0. The van der Waals surface area contributed by atoms with Crippen LogP contribution >= 0.6 is 0 Å². The summed E-state index contributed by atoms with van der Waals surface area (Å²) in [5, 5.41) is 0. The minimum atomic E-state index is -4.27. The molecule has 0 saturated heterocycles. The SMILES string of the molecule is COc1ccc(C(=O)[O][Sn]([c]2ccccc2)([c]2ccccc2)[c]2ccccc2)c(OC)c1OC. The number of hydrogen-bond acceptors (Lipinski definition) is 5. The summed E-state index contributed by atoms with van der Waals surface area (Å²) in [6, 6.07) is 33.4. The Bertz CT molecular complexity index is 1150. The molecule has 0 fully saturated rings. The van der Waals surface area contributed by atoms with Gasteiger partial charge in [-0.1, -0.05) is 0 Å². The average Bonchev–Trinajstić information content (AvgIpc) is 2.92. The second-order valence-electron chi connectivity index (χ2n) is 7.55. The molecule has 4 rings (SSSR count). The summed E-state index contributed by atoms with van der Waals surface area (Å²) in [6.07, 6.45) is 0. The predicted octanol–water partition coefficient (Wildman–Crippen LogP) is 3.54. The second kappa shape index (κ2) is 10.7. The first-order chi connectivity index (χ1) is 16.7. The van der Waals surface area contributed by atoms with Crippen LogP contribution in [0.4, 0.5) is 0 Å². The zero-order chi connectivity index (χ0) is 24.0. The summed E-state index contributed by atoms with van der Waals surface area (Å²) in [6.45, 7) is 0. The molecule has 0 aliphatic heterocycles. The number of methoxy groups -OCH3 is 3. The third-order valence-electron chi connectivity index (χ3n) is 5.71. The van der Waals surface area contributed by atoms with Gasteiger partial charge in [-0.15, -0.1) is 0 Å². The minimum absolute atomic E-state index is 0.279. The van der Waals surface area contributed by atoms with Crippen molar-refractivity contribution in [3.8, 4) is 17.2 Å². The van der Waals surface area contributed by atoms with Gasteiger partial charge in [-0.2, -0.15) is 0 Å². The molecule has 4 aromatic carbocycles. The van der Waals surface area contributed by atoms with Crippen LogP contribution in [0.2, 0.25) is 0 Å². The summed E-state index contributed by atoms with van der Waals surface area (Å²) < 4.78 is 26.2. The molecule has 0 aliphatic rings. The fraction of sp³-hybridized carbons (Fsp3) is 0.107. The summed E-state index contributed by atoms with van der Waals surface area (Å²) in [5.74, 6) is 0.630. The first-order valence-corrected chi connectivity index (χ1v) is 16.3. The number of ether oxygens (including phenoxy) is 3. The van der Waals surface area contributed by atoms with Crippen molar-refractivity contribution in [2.24, 2.45) is 0 Å². The van der Waals surface area contributed by atoms with E-state index in [0.29, 0.717) is 11.5 Å². The maximum atomic E-state index is 13.9. The van der Waals surface area contributed by atoms with Crippen LogP contribution in [-0.2, 0) is 3.07 Å². The summed E-state index contributed by atoms with van der Waals surface area (Å²) in [7, 11) is 4.55. The van der Waals surface area contributed by atoms with Crippen LogP contribution in [0.15, 0.2) is 103 Å². The molecule has 5 nitrogen and oxygen atoms in total. The Labute approximate surface area is 204 Å². The third-order valence-corrected chi connectivity index (χ3v) is 16.9.